The normalized spacial score (nSPS) is 11.6. The van der Waals surface area contributed by atoms with Gasteiger partial charge >= 0.3 is 5.97 Å². The van der Waals surface area contributed by atoms with Crippen molar-refractivity contribution in [1.82, 2.24) is 0 Å². The number of carbonyl (C=O) groups is 2. The summed E-state index contributed by atoms with van der Waals surface area (Å²) in [5, 5.41) is 12.4. The van der Waals surface area contributed by atoms with Gasteiger partial charge in [-0.25, -0.2) is 4.79 Å². The zero-order valence-corrected chi connectivity index (χ0v) is 13.3. The number of carbonyl (C=O) groups excluding carboxylic acids is 2. The van der Waals surface area contributed by atoms with E-state index in [2.05, 4.69) is 5.32 Å². The molecule has 0 aliphatic heterocycles. The highest BCUT2D eigenvalue weighted by molar-refractivity contribution is 5.98. The van der Waals surface area contributed by atoms with Crippen molar-refractivity contribution < 1.29 is 19.4 Å². The van der Waals surface area contributed by atoms with E-state index in [1.165, 1.54) is 19.1 Å². The Hall–Kier alpha value is -2.82. The fourth-order valence-corrected chi connectivity index (χ4v) is 2.06. The first-order valence-electron chi connectivity index (χ1n) is 7.25. The predicted molar refractivity (Wildman–Crippen MR) is 87.5 cm³/mol. The van der Waals surface area contributed by atoms with Crippen molar-refractivity contribution in [2.45, 2.75) is 26.9 Å². The number of phenolic OH excluding ortho intramolecular Hbond substituents is 1. The number of hydrogen-bond acceptors (Lipinski definition) is 4. The smallest absolute Gasteiger partial charge is 0.342 e. The number of hydrogen-bond donors (Lipinski definition) is 2. The zero-order chi connectivity index (χ0) is 17.0. The summed E-state index contributed by atoms with van der Waals surface area (Å²) in [5.41, 5.74) is 2.50. The maximum absolute atomic E-state index is 12.1. The fraction of sp³-hybridized carbons (Fsp3) is 0.222. The molecule has 0 aliphatic carbocycles. The second-order valence-corrected chi connectivity index (χ2v) is 5.43. The molecule has 2 aromatic rings. The maximum Gasteiger partial charge on any atom is 0.342 e. The van der Waals surface area contributed by atoms with Crippen molar-refractivity contribution >= 4 is 17.6 Å². The van der Waals surface area contributed by atoms with E-state index in [1.54, 1.807) is 19.1 Å². The topological polar surface area (TPSA) is 75.6 Å². The molecule has 5 heteroatoms. The van der Waals surface area contributed by atoms with Crippen LogP contribution in [0.1, 0.15) is 28.4 Å². The lowest BCUT2D eigenvalue weighted by Crippen LogP contribution is -2.30. The number of phenols is 1. The Morgan fingerprint density at radius 2 is 1.78 bits per heavy atom. The first-order valence-corrected chi connectivity index (χ1v) is 7.25. The second-order valence-electron chi connectivity index (χ2n) is 5.43. The molecule has 0 aliphatic rings. The highest BCUT2D eigenvalue weighted by Crippen LogP contribution is 2.20. The molecule has 23 heavy (non-hydrogen) atoms. The van der Waals surface area contributed by atoms with E-state index in [0.29, 0.717) is 5.69 Å². The Morgan fingerprint density at radius 1 is 1.09 bits per heavy atom. The minimum atomic E-state index is -0.983. The Bertz CT molecular complexity index is 740. The summed E-state index contributed by atoms with van der Waals surface area (Å²) in [4.78, 5) is 24.2. The van der Waals surface area contributed by atoms with Crippen molar-refractivity contribution in [2.75, 3.05) is 5.32 Å². The van der Waals surface area contributed by atoms with E-state index in [-0.39, 0.29) is 11.3 Å². The van der Waals surface area contributed by atoms with Crippen LogP contribution in [0, 0.1) is 13.8 Å². The van der Waals surface area contributed by atoms with E-state index < -0.39 is 18.0 Å². The van der Waals surface area contributed by atoms with Crippen LogP contribution in [0.3, 0.4) is 0 Å². The van der Waals surface area contributed by atoms with Crippen LogP contribution in [0.4, 0.5) is 5.69 Å². The molecular formula is C18H19NO4. The van der Waals surface area contributed by atoms with E-state index in [0.717, 1.165) is 11.1 Å². The van der Waals surface area contributed by atoms with Crippen LogP contribution >= 0.6 is 0 Å². The van der Waals surface area contributed by atoms with E-state index in [4.69, 9.17) is 4.74 Å². The molecule has 1 atom stereocenters. The summed E-state index contributed by atoms with van der Waals surface area (Å²) in [6, 6.07) is 11.9. The first-order chi connectivity index (χ1) is 10.9. The third-order valence-corrected chi connectivity index (χ3v) is 3.31. The standard InChI is InChI=1S/C18H19NO4/c1-11-5-4-6-14(9-11)19-17(21)13(3)23-18(22)15-10-12(2)7-8-16(15)20/h4-10,13,20H,1-3H3,(H,19,21)/t13-/m0/s1. The van der Waals surface area contributed by atoms with Gasteiger partial charge in [0.25, 0.3) is 5.91 Å². The molecule has 0 aromatic heterocycles. The molecule has 2 N–H and O–H groups in total. The number of rotatable bonds is 4. The number of amides is 1. The lowest BCUT2D eigenvalue weighted by Gasteiger charge is -2.14. The molecule has 0 heterocycles. The summed E-state index contributed by atoms with van der Waals surface area (Å²) >= 11 is 0. The van der Waals surface area contributed by atoms with Gasteiger partial charge in [0, 0.05) is 5.69 Å². The lowest BCUT2D eigenvalue weighted by molar-refractivity contribution is -0.123. The van der Waals surface area contributed by atoms with Crippen molar-refractivity contribution in [1.29, 1.82) is 0 Å². The van der Waals surface area contributed by atoms with Gasteiger partial charge in [0.1, 0.15) is 11.3 Å². The van der Waals surface area contributed by atoms with Gasteiger partial charge in [-0.3, -0.25) is 4.79 Å². The van der Waals surface area contributed by atoms with Crippen LogP contribution in [0.5, 0.6) is 5.75 Å². The fourth-order valence-electron chi connectivity index (χ4n) is 2.06. The summed E-state index contributed by atoms with van der Waals surface area (Å²) in [6.45, 7) is 5.19. The zero-order valence-electron chi connectivity index (χ0n) is 13.3. The summed E-state index contributed by atoms with van der Waals surface area (Å²) in [6.07, 6.45) is -0.983. The molecule has 2 rings (SSSR count). The Balaban J connectivity index is 2.03. The third-order valence-electron chi connectivity index (χ3n) is 3.31. The Labute approximate surface area is 134 Å². The van der Waals surface area contributed by atoms with E-state index in [9.17, 15) is 14.7 Å². The van der Waals surface area contributed by atoms with Gasteiger partial charge in [-0.1, -0.05) is 23.8 Å². The molecule has 0 unspecified atom stereocenters. The highest BCUT2D eigenvalue weighted by Gasteiger charge is 2.21. The molecule has 2 aromatic carbocycles. The van der Waals surface area contributed by atoms with Gasteiger partial charge in [-0.15, -0.1) is 0 Å². The largest absolute Gasteiger partial charge is 0.507 e. The third kappa shape index (κ3) is 4.32. The van der Waals surface area contributed by atoms with Gasteiger partial charge < -0.3 is 15.2 Å². The Kier molecular flexibility index (Phi) is 5.01. The van der Waals surface area contributed by atoms with Crippen molar-refractivity contribution in [3.63, 3.8) is 0 Å². The number of benzene rings is 2. The molecule has 0 spiro atoms. The highest BCUT2D eigenvalue weighted by atomic mass is 16.5. The molecule has 0 fully saturated rings. The Morgan fingerprint density at radius 3 is 2.48 bits per heavy atom. The van der Waals surface area contributed by atoms with Crippen LogP contribution < -0.4 is 5.32 Å². The number of anilines is 1. The molecule has 120 valence electrons. The molecule has 0 saturated heterocycles. The molecular weight excluding hydrogens is 294 g/mol. The van der Waals surface area contributed by atoms with Crippen molar-refractivity contribution in [2.24, 2.45) is 0 Å². The quantitative estimate of drug-likeness (QED) is 0.850. The van der Waals surface area contributed by atoms with Crippen LogP contribution in [0.15, 0.2) is 42.5 Å². The molecule has 0 radical (unpaired) electrons. The van der Waals surface area contributed by atoms with E-state index >= 15 is 0 Å². The minimum Gasteiger partial charge on any atom is -0.507 e. The predicted octanol–water partition coefficient (Wildman–Crippen LogP) is 3.19. The van der Waals surface area contributed by atoms with Crippen LogP contribution in [0.25, 0.3) is 0 Å². The van der Waals surface area contributed by atoms with Crippen molar-refractivity contribution in [3.8, 4) is 5.75 Å². The molecule has 0 saturated carbocycles. The average molecular weight is 313 g/mol. The van der Waals surface area contributed by atoms with Gasteiger partial charge in [-0.2, -0.15) is 0 Å². The molecule has 1 amide bonds. The summed E-state index contributed by atoms with van der Waals surface area (Å²) in [5.74, 6) is -1.35. The van der Waals surface area contributed by atoms with Crippen LogP contribution in [-0.4, -0.2) is 23.1 Å². The molecule has 0 bridgehead atoms. The van der Waals surface area contributed by atoms with Crippen LogP contribution in [0.2, 0.25) is 0 Å². The number of esters is 1. The monoisotopic (exact) mass is 313 g/mol. The SMILES string of the molecule is Cc1cccc(NC(=O)[C@H](C)OC(=O)c2cc(C)ccc2O)c1. The van der Waals surface area contributed by atoms with Gasteiger partial charge in [0.15, 0.2) is 6.10 Å². The lowest BCUT2D eigenvalue weighted by atomic mass is 10.1. The average Bonchev–Trinajstić information content (AvgIpc) is 2.49. The van der Waals surface area contributed by atoms with Crippen molar-refractivity contribution in [3.05, 3.63) is 59.2 Å². The summed E-state index contributed by atoms with van der Waals surface area (Å²) < 4.78 is 5.13. The number of aryl methyl sites for hydroxylation is 2. The molecule has 5 nitrogen and oxygen atoms in total. The van der Waals surface area contributed by atoms with Gasteiger partial charge in [0.05, 0.1) is 0 Å². The first kappa shape index (κ1) is 16.5. The maximum atomic E-state index is 12.1. The number of aromatic hydroxyl groups is 1. The van der Waals surface area contributed by atoms with E-state index in [1.807, 2.05) is 25.1 Å². The number of nitrogens with one attached hydrogen (secondary N) is 1. The van der Waals surface area contributed by atoms with Gasteiger partial charge in [-0.05, 0) is 50.6 Å². The van der Waals surface area contributed by atoms with Crippen LogP contribution in [-0.2, 0) is 9.53 Å². The minimum absolute atomic E-state index is 0.0419. The second kappa shape index (κ2) is 6.96. The van der Waals surface area contributed by atoms with Gasteiger partial charge in [0.2, 0.25) is 0 Å². The summed E-state index contributed by atoms with van der Waals surface area (Å²) in [7, 11) is 0. The number of ether oxygens (including phenoxy) is 1.